The molecule has 0 saturated carbocycles. The van der Waals surface area contributed by atoms with Crippen LogP contribution < -0.4 is 10.1 Å². The molecule has 0 aliphatic carbocycles. The largest absolute Gasteiger partial charge is 0.493 e. The third kappa shape index (κ3) is 5.40. The number of nitrogens with zero attached hydrogens (tertiary/aromatic N) is 1. The van der Waals surface area contributed by atoms with Crippen LogP contribution in [0.1, 0.15) is 52.0 Å². The molecule has 3 nitrogen and oxygen atoms in total. The van der Waals surface area contributed by atoms with E-state index < -0.39 is 5.54 Å². The third-order valence-electron chi connectivity index (χ3n) is 3.89. The molecule has 0 spiro atoms. The molecule has 116 valence electrons. The first-order chi connectivity index (χ1) is 10.2. The smallest absolute Gasteiger partial charge is 0.122 e. The second-order valence-corrected chi connectivity index (χ2v) is 5.39. The van der Waals surface area contributed by atoms with Crippen LogP contribution in [0.15, 0.2) is 24.3 Å². The van der Waals surface area contributed by atoms with Gasteiger partial charge in [0.05, 0.1) is 12.7 Å². The molecule has 0 bridgehead atoms. The average Bonchev–Trinajstić information content (AvgIpc) is 2.55. The molecule has 1 rings (SSSR count). The summed E-state index contributed by atoms with van der Waals surface area (Å²) in [7, 11) is 0. The van der Waals surface area contributed by atoms with Gasteiger partial charge in [-0.1, -0.05) is 39.0 Å². The Hall–Kier alpha value is -1.53. The summed E-state index contributed by atoms with van der Waals surface area (Å²) in [5.74, 6) is 0.973. The number of rotatable bonds is 10. The van der Waals surface area contributed by atoms with Gasteiger partial charge >= 0.3 is 0 Å². The summed E-state index contributed by atoms with van der Waals surface area (Å²) in [4.78, 5) is 0. The van der Waals surface area contributed by atoms with Crippen LogP contribution in [0.5, 0.6) is 5.75 Å². The van der Waals surface area contributed by atoms with E-state index >= 15 is 0 Å². The summed E-state index contributed by atoms with van der Waals surface area (Å²) >= 11 is 0. The van der Waals surface area contributed by atoms with Gasteiger partial charge in [-0.25, -0.2) is 0 Å². The van der Waals surface area contributed by atoms with E-state index in [9.17, 15) is 5.26 Å². The number of hydrogen-bond donors (Lipinski definition) is 1. The maximum atomic E-state index is 9.45. The van der Waals surface area contributed by atoms with Crippen molar-refractivity contribution in [3.63, 3.8) is 0 Å². The minimum atomic E-state index is -0.399. The van der Waals surface area contributed by atoms with Crippen LogP contribution in [-0.2, 0) is 6.42 Å². The lowest BCUT2D eigenvalue weighted by Gasteiger charge is -2.26. The first-order valence-corrected chi connectivity index (χ1v) is 8.08. The number of para-hydroxylation sites is 1. The standard InChI is InChI=1S/C18H28N2O/c1-4-13-20-18(6-3,15-19)12-9-14-21-17-11-8-7-10-16(17)5-2/h7-8,10-11,20H,4-6,9,12-14H2,1-3H3. The van der Waals surface area contributed by atoms with Gasteiger partial charge in [0.2, 0.25) is 0 Å². The van der Waals surface area contributed by atoms with E-state index in [0.29, 0.717) is 6.61 Å². The van der Waals surface area contributed by atoms with Gasteiger partial charge in [-0.3, -0.25) is 5.32 Å². The number of hydrogen-bond acceptors (Lipinski definition) is 3. The third-order valence-corrected chi connectivity index (χ3v) is 3.89. The van der Waals surface area contributed by atoms with Crippen LogP contribution in [-0.4, -0.2) is 18.7 Å². The normalized spacial score (nSPS) is 13.4. The number of benzene rings is 1. The number of nitriles is 1. The number of ether oxygens (including phenoxy) is 1. The van der Waals surface area contributed by atoms with Gasteiger partial charge in [-0.15, -0.1) is 0 Å². The highest BCUT2D eigenvalue weighted by Crippen LogP contribution is 2.20. The first-order valence-electron chi connectivity index (χ1n) is 8.08. The van der Waals surface area contributed by atoms with Crippen LogP contribution >= 0.6 is 0 Å². The van der Waals surface area contributed by atoms with Gasteiger partial charge < -0.3 is 4.74 Å². The Morgan fingerprint density at radius 3 is 2.62 bits per heavy atom. The van der Waals surface area contributed by atoms with E-state index in [-0.39, 0.29) is 0 Å². The Balaban J connectivity index is 2.46. The highest BCUT2D eigenvalue weighted by Gasteiger charge is 2.26. The maximum Gasteiger partial charge on any atom is 0.122 e. The monoisotopic (exact) mass is 288 g/mol. The van der Waals surface area contributed by atoms with E-state index in [1.807, 2.05) is 18.2 Å². The van der Waals surface area contributed by atoms with E-state index in [1.165, 1.54) is 5.56 Å². The van der Waals surface area contributed by atoms with Crippen LogP contribution in [0.2, 0.25) is 0 Å². The fourth-order valence-electron chi connectivity index (χ4n) is 2.42. The second-order valence-electron chi connectivity index (χ2n) is 5.39. The Morgan fingerprint density at radius 1 is 1.24 bits per heavy atom. The van der Waals surface area contributed by atoms with Gasteiger partial charge in [0.15, 0.2) is 0 Å². The van der Waals surface area contributed by atoms with Crippen LogP contribution in [0.4, 0.5) is 0 Å². The summed E-state index contributed by atoms with van der Waals surface area (Å²) in [6, 6.07) is 10.6. The molecule has 1 aromatic carbocycles. The predicted octanol–water partition coefficient (Wildman–Crippen LogP) is 4.08. The maximum absolute atomic E-state index is 9.45. The lowest BCUT2D eigenvalue weighted by atomic mass is 9.92. The van der Waals surface area contributed by atoms with Gasteiger partial charge in [0.25, 0.3) is 0 Å². The molecule has 0 aliphatic heterocycles. The zero-order chi connectivity index (χ0) is 15.6. The molecule has 1 N–H and O–H groups in total. The summed E-state index contributed by atoms with van der Waals surface area (Å²) in [6.07, 6.45) is 4.56. The number of aryl methyl sites for hydroxylation is 1. The highest BCUT2D eigenvalue weighted by molar-refractivity contribution is 5.33. The Kier molecular flexibility index (Phi) is 7.85. The molecule has 3 heteroatoms. The lowest BCUT2D eigenvalue weighted by molar-refractivity contribution is 0.274. The molecule has 1 atom stereocenters. The fraction of sp³-hybridized carbons (Fsp3) is 0.611. The molecule has 21 heavy (non-hydrogen) atoms. The molecule has 0 heterocycles. The Labute approximate surface area is 129 Å². The molecule has 0 radical (unpaired) electrons. The molecule has 1 aromatic rings. The van der Waals surface area contributed by atoms with Crippen LogP contribution in [0, 0.1) is 11.3 Å². The van der Waals surface area contributed by atoms with Gasteiger partial charge in [0.1, 0.15) is 11.3 Å². The summed E-state index contributed by atoms with van der Waals surface area (Å²) in [5, 5.41) is 12.8. The van der Waals surface area contributed by atoms with E-state index in [0.717, 1.165) is 44.4 Å². The molecular formula is C18H28N2O. The summed E-state index contributed by atoms with van der Waals surface area (Å²) < 4.78 is 5.88. The fourth-order valence-corrected chi connectivity index (χ4v) is 2.42. The van der Waals surface area contributed by atoms with Crippen molar-refractivity contribution in [2.75, 3.05) is 13.2 Å². The summed E-state index contributed by atoms with van der Waals surface area (Å²) in [5.41, 5.74) is 0.840. The molecular weight excluding hydrogens is 260 g/mol. The van der Waals surface area contributed by atoms with Gasteiger partial charge in [-0.2, -0.15) is 5.26 Å². The van der Waals surface area contributed by atoms with Crippen LogP contribution in [0.3, 0.4) is 0 Å². The minimum absolute atomic E-state index is 0.399. The average molecular weight is 288 g/mol. The number of nitrogens with one attached hydrogen (secondary N) is 1. The molecule has 0 aromatic heterocycles. The van der Waals surface area contributed by atoms with Crippen molar-refractivity contribution in [1.29, 1.82) is 5.26 Å². The SMILES string of the molecule is CCCNC(C#N)(CC)CCCOc1ccccc1CC. The highest BCUT2D eigenvalue weighted by atomic mass is 16.5. The second kappa shape index (κ2) is 9.41. The van der Waals surface area contributed by atoms with Crippen molar-refractivity contribution in [2.45, 2.75) is 58.4 Å². The van der Waals surface area contributed by atoms with E-state index in [4.69, 9.17) is 4.74 Å². The van der Waals surface area contributed by atoms with E-state index in [2.05, 4.69) is 38.2 Å². The van der Waals surface area contributed by atoms with Gasteiger partial charge in [0, 0.05) is 0 Å². The zero-order valence-corrected chi connectivity index (χ0v) is 13.6. The Morgan fingerprint density at radius 2 is 2.00 bits per heavy atom. The zero-order valence-electron chi connectivity index (χ0n) is 13.6. The molecule has 0 fully saturated rings. The topological polar surface area (TPSA) is 45.0 Å². The molecule has 0 saturated heterocycles. The van der Waals surface area contributed by atoms with Crippen molar-refractivity contribution < 1.29 is 4.74 Å². The Bertz CT molecular complexity index is 453. The minimum Gasteiger partial charge on any atom is -0.493 e. The van der Waals surface area contributed by atoms with Crippen molar-refractivity contribution >= 4 is 0 Å². The van der Waals surface area contributed by atoms with Crippen LogP contribution in [0.25, 0.3) is 0 Å². The predicted molar refractivity (Wildman–Crippen MR) is 87.5 cm³/mol. The summed E-state index contributed by atoms with van der Waals surface area (Å²) in [6.45, 7) is 7.87. The molecule has 0 aliphatic rings. The molecule has 0 amide bonds. The molecule has 1 unspecified atom stereocenters. The van der Waals surface area contributed by atoms with Crippen molar-refractivity contribution in [3.8, 4) is 11.8 Å². The van der Waals surface area contributed by atoms with Crippen molar-refractivity contribution in [2.24, 2.45) is 0 Å². The first kappa shape index (κ1) is 17.5. The van der Waals surface area contributed by atoms with Crippen molar-refractivity contribution in [1.82, 2.24) is 5.32 Å². The van der Waals surface area contributed by atoms with Gasteiger partial charge in [-0.05, 0) is 50.3 Å². The quantitative estimate of drug-likeness (QED) is 0.660. The lowest BCUT2D eigenvalue weighted by Crippen LogP contribution is -2.44. The van der Waals surface area contributed by atoms with Crippen molar-refractivity contribution in [3.05, 3.63) is 29.8 Å². The van der Waals surface area contributed by atoms with E-state index in [1.54, 1.807) is 0 Å².